The van der Waals surface area contributed by atoms with Crippen LogP contribution in [-0.4, -0.2) is 40.5 Å². The zero-order valence-corrected chi connectivity index (χ0v) is 15.7. The van der Waals surface area contributed by atoms with Crippen LogP contribution in [0.15, 0.2) is 40.0 Å². The van der Waals surface area contributed by atoms with Crippen LogP contribution in [0.25, 0.3) is 11.0 Å². The topological polar surface area (TPSA) is 81.2 Å². The van der Waals surface area contributed by atoms with E-state index >= 15 is 0 Å². The van der Waals surface area contributed by atoms with E-state index in [1.54, 1.807) is 18.2 Å². The number of para-hydroxylation sites is 2. The van der Waals surface area contributed by atoms with Gasteiger partial charge in [0.2, 0.25) is 10.0 Å². The Morgan fingerprint density at radius 2 is 1.92 bits per heavy atom. The number of rotatable bonds is 4. The molecule has 0 radical (unpaired) electrons. The second kappa shape index (κ2) is 6.51. The maximum absolute atomic E-state index is 12.9. The molecule has 138 valence electrons. The Balaban J connectivity index is 1.46. The van der Waals surface area contributed by atoms with E-state index in [1.165, 1.54) is 0 Å². The number of hydrogen-bond donors (Lipinski definition) is 0. The number of hydrogen-bond acceptors (Lipinski definition) is 5. The number of nitrogens with zero attached hydrogens (tertiary/aromatic N) is 4. The fourth-order valence-electron chi connectivity index (χ4n) is 3.74. The standard InChI is InChI=1S/C18H22N4O3S/c1-13-18(14(2)25-20-13)26(23,24)22-9-7-15(8-10-22)11-21-12-19-16-5-3-4-6-17(16)21/h3-6,12,15H,7-11H2,1-2H3. The highest BCUT2D eigenvalue weighted by atomic mass is 32.2. The Morgan fingerprint density at radius 1 is 1.19 bits per heavy atom. The van der Waals surface area contributed by atoms with Gasteiger partial charge in [-0.1, -0.05) is 17.3 Å². The molecule has 8 heteroatoms. The summed E-state index contributed by atoms with van der Waals surface area (Å²) >= 11 is 0. The van der Waals surface area contributed by atoms with Gasteiger partial charge in [0.15, 0.2) is 5.76 Å². The van der Waals surface area contributed by atoms with Gasteiger partial charge in [-0.3, -0.25) is 0 Å². The van der Waals surface area contributed by atoms with Gasteiger partial charge in [-0.2, -0.15) is 4.31 Å². The number of benzene rings is 1. The van der Waals surface area contributed by atoms with Crippen molar-refractivity contribution in [3.8, 4) is 0 Å². The van der Waals surface area contributed by atoms with Gasteiger partial charge in [0.25, 0.3) is 0 Å². The zero-order chi connectivity index (χ0) is 18.3. The van der Waals surface area contributed by atoms with Crippen LogP contribution in [0.5, 0.6) is 0 Å². The highest BCUT2D eigenvalue weighted by molar-refractivity contribution is 7.89. The quantitative estimate of drug-likeness (QED) is 0.701. The fraction of sp³-hybridized carbons (Fsp3) is 0.444. The van der Waals surface area contributed by atoms with E-state index in [-0.39, 0.29) is 4.90 Å². The number of sulfonamides is 1. The number of piperidine rings is 1. The molecular weight excluding hydrogens is 352 g/mol. The number of fused-ring (bicyclic) bond motifs is 1. The van der Waals surface area contributed by atoms with Crippen molar-refractivity contribution in [1.29, 1.82) is 0 Å². The Kier molecular flexibility index (Phi) is 4.32. The Labute approximate surface area is 152 Å². The van der Waals surface area contributed by atoms with Gasteiger partial charge >= 0.3 is 0 Å². The Bertz CT molecular complexity index is 1010. The molecule has 1 aliphatic heterocycles. The summed E-state index contributed by atoms with van der Waals surface area (Å²) in [6, 6.07) is 8.07. The van der Waals surface area contributed by atoms with Crippen LogP contribution in [0.3, 0.4) is 0 Å². The van der Waals surface area contributed by atoms with Crippen molar-refractivity contribution >= 4 is 21.1 Å². The molecule has 4 rings (SSSR count). The van der Waals surface area contributed by atoms with Crippen LogP contribution in [-0.2, 0) is 16.6 Å². The third-order valence-electron chi connectivity index (χ3n) is 5.12. The summed E-state index contributed by atoms with van der Waals surface area (Å²) in [7, 11) is -3.54. The first-order valence-electron chi connectivity index (χ1n) is 8.79. The average molecular weight is 374 g/mol. The SMILES string of the molecule is Cc1noc(C)c1S(=O)(=O)N1CCC(Cn2cnc3ccccc32)CC1. The molecular formula is C18H22N4O3S. The third kappa shape index (κ3) is 2.93. The number of aromatic nitrogens is 3. The molecule has 1 aromatic carbocycles. The van der Waals surface area contributed by atoms with Crippen LogP contribution in [0.4, 0.5) is 0 Å². The van der Waals surface area contributed by atoms with Crippen molar-refractivity contribution in [3.05, 3.63) is 42.0 Å². The van der Waals surface area contributed by atoms with Crippen molar-refractivity contribution in [2.45, 2.75) is 38.1 Å². The van der Waals surface area contributed by atoms with Gasteiger partial charge in [-0.05, 0) is 44.7 Å². The maximum Gasteiger partial charge on any atom is 0.248 e. The van der Waals surface area contributed by atoms with Crippen molar-refractivity contribution < 1.29 is 12.9 Å². The molecule has 0 saturated carbocycles. The van der Waals surface area contributed by atoms with Crippen LogP contribution in [0.2, 0.25) is 0 Å². The normalized spacial score (nSPS) is 17.2. The summed E-state index contributed by atoms with van der Waals surface area (Å²) in [6.45, 7) is 5.21. The number of imidazole rings is 1. The first-order chi connectivity index (χ1) is 12.5. The van der Waals surface area contributed by atoms with E-state index in [0.717, 1.165) is 30.4 Å². The Hall–Kier alpha value is -2.19. The Morgan fingerprint density at radius 3 is 2.62 bits per heavy atom. The summed E-state index contributed by atoms with van der Waals surface area (Å²) < 4.78 is 34.6. The lowest BCUT2D eigenvalue weighted by atomic mass is 9.98. The molecule has 0 bridgehead atoms. The molecule has 26 heavy (non-hydrogen) atoms. The molecule has 0 unspecified atom stereocenters. The van der Waals surface area contributed by atoms with Gasteiger partial charge in [0.1, 0.15) is 10.6 Å². The van der Waals surface area contributed by atoms with Crippen molar-refractivity contribution in [2.24, 2.45) is 5.92 Å². The summed E-state index contributed by atoms with van der Waals surface area (Å²) in [5, 5.41) is 3.78. The van der Waals surface area contributed by atoms with Crippen molar-refractivity contribution in [2.75, 3.05) is 13.1 Å². The van der Waals surface area contributed by atoms with E-state index in [1.807, 2.05) is 24.5 Å². The summed E-state index contributed by atoms with van der Waals surface area (Å²) in [6.07, 6.45) is 3.53. The lowest BCUT2D eigenvalue weighted by Crippen LogP contribution is -2.39. The molecule has 3 heterocycles. The molecule has 0 atom stereocenters. The first-order valence-corrected chi connectivity index (χ1v) is 10.2. The molecule has 1 saturated heterocycles. The molecule has 0 N–H and O–H groups in total. The van der Waals surface area contributed by atoms with Crippen molar-refractivity contribution in [3.63, 3.8) is 0 Å². The molecule has 1 aliphatic rings. The van der Waals surface area contributed by atoms with Gasteiger partial charge in [0, 0.05) is 19.6 Å². The second-order valence-electron chi connectivity index (χ2n) is 6.89. The minimum absolute atomic E-state index is 0.219. The highest BCUT2D eigenvalue weighted by Crippen LogP contribution is 2.28. The monoisotopic (exact) mass is 374 g/mol. The maximum atomic E-state index is 12.9. The molecule has 1 fully saturated rings. The molecule has 3 aromatic rings. The molecule has 7 nitrogen and oxygen atoms in total. The van der Waals surface area contributed by atoms with E-state index in [4.69, 9.17) is 4.52 Å². The summed E-state index contributed by atoms with van der Waals surface area (Å²) in [5.41, 5.74) is 2.54. The minimum Gasteiger partial charge on any atom is -0.360 e. The summed E-state index contributed by atoms with van der Waals surface area (Å²) in [4.78, 5) is 4.65. The lowest BCUT2D eigenvalue weighted by molar-refractivity contribution is 0.254. The highest BCUT2D eigenvalue weighted by Gasteiger charge is 2.33. The molecule has 0 amide bonds. The first kappa shape index (κ1) is 17.2. The van der Waals surface area contributed by atoms with E-state index in [2.05, 4.69) is 20.8 Å². The average Bonchev–Trinajstić information content (AvgIpc) is 3.19. The largest absolute Gasteiger partial charge is 0.360 e. The summed E-state index contributed by atoms with van der Waals surface area (Å²) in [5.74, 6) is 0.790. The second-order valence-corrected chi connectivity index (χ2v) is 8.76. The lowest BCUT2D eigenvalue weighted by Gasteiger charge is -2.31. The molecule has 0 spiro atoms. The van der Waals surface area contributed by atoms with Gasteiger partial charge in [-0.15, -0.1) is 0 Å². The van der Waals surface area contributed by atoms with E-state index < -0.39 is 10.0 Å². The van der Waals surface area contributed by atoms with Crippen LogP contribution in [0.1, 0.15) is 24.3 Å². The van der Waals surface area contributed by atoms with Gasteiger partial charge in [-0.25, -0.2) is 13.4 Å². The van der Waals surface area contributed by atoms with Crippen LogP contribution < -0.4 is 0 Å². The predicted molar refractivity (Wildman–Crippen MR) is 97.2 cm³/mol. The zero-order valence-electron chi connectivity index (χ0n) is 14.9. The number of aryl methyl sites for hydroxylation is 2. The van der Waals surface area contributed by atoms with E-state index in [0.29, 0.717) is 30.5 Å². The third-order valence-corrected chi connectivity index (χ3v) is 7.27. The molecule has 0 aliphatic carbocycles. The van der Waals surface area contributed by atoms with Crippen LogP contribution in [0, 0.1) is 19.8 Å². The minimum atomic E-state index is -3.54. The van der Waals surface area contributed by atoms with Crippen LogP contribution >= 0.6 is 0 Å². The van der Waals surface area contributed by atoms with Crippen molar-refractivity contribution in [1.82, 2.24) is 19.0 Å². The fourth-order valence-corrected chi connectivity index (χ4v) is 5.50. The van der Waals surface area contributed by atoms with E-state index in [9.17, 15) is 8.42 Å². The van der Waals surface area contributed by atoms with Gasteiger partial charge in [0.05, 0.1) is 17.4 Å². The predicted octanol–water partition coefficient (Wildman–Crippen LogP) is 2.74. The smallest absolute Gasteiger partial charge is 0.248 e. The van der Waals surface area contributed by atoms with Gasteiger partial charge < -0.3 is 9.09 Å². The molecule has 2 aromatic heterocycles.